The Balaban J connectivity index is 2.97. The Morgan fingerprint density at radius 2 is 2.05 bits per heavy atom. The summed E-state index contributed by atoms with van der Waals surface area (Å²) < 4.78 is 13.8. The molecule has 0 unspecified atom stereocenters. The van der Waals surface area contributed by atoms with E-state index in [-0.39, 0.29) is 23.0 Å². The van der Waals surface area contributed by atoms with Gasteiger partial charge < -0.3 is 15.5 Å². The number of rotatable bonds is 5. The number of benzene rings is 1. The summed E-state index contributed by atoms with van der Waals surface area (Å²) in [6.07, 6.45) is 0. The Bertz CT molecular complexity index is 491. The Kier molecular flexibility index (Phi) is 5.23. The van der Waals surface area contributed by atoms with Gasteiger partial charge in [-0.05, 0) is 25.1 Å². The maximum absolute atomic E-state index is 13.8. The van der Waals surface area contributed by atoms with E-state index in [1.807, 2.05) is 6.92 Å². The topological polar surface area (TPSA) is 49.6 Å². The third kappa shape index (κ3) is 3.89. The molecule has 6 heteroatoms. The molecule has 0 spiro atoms. The van der Waals surface area contributed by atoms with E-state index in [1.54, 1.807) is 25.1 Å². The fourth-order valence-corrected chi connectivity index (χ4v) is 1.76. The average Bonchev–Trinajstić information content (AvgIpc) is 2.34. The molecule has 0 fully saturated rings. The van der Waals surface area contributed by atoms with E-state index in [0.29, 0.717) is 12.2 Å². The highest BCUT2D eigenvalue weighted by Gasteiger charge is 2.14. The first-order chi connectivity index (χ1) is 8.86. The number of thiocarbonyl (C=S) groups is 1. The van der Waals surface area contributed by atoms with Crippen molar-refractivity contribution in [2.75, 3.05) is 32.1 Å². The third-order valence-electron chi connectivity index (χ3n) is 2.79. The number of nitrogens with two attached hydrogens (primary N) is 1. The van der Waals surface area contributed by atoms with E-state index in [2.05, 4.69) is 0 Å². The molecule has 2 N–H and O–H groups in total. The van der Waals surface area contributed by atoms with Crippen LogP contribution in [0.3, 0.4) is 0 Å². The number of likely N-dealkylation sites (N-methyl/N-ethyl adjacent to an activating group) is 2. The lowest BCUT2D eigenvalue weighted by molar-refractivity contribution is -0.127. The first kappa shape index (κ1) is 15.4. The summed E-state index contributed by atoms with van der Waals surface area (Å²) in [5, 5.41) is 0. The molecule has 0 heterocycles. The molecule has 0 aliphatic rings. The van der Waals surface area contributed by atoms with E-state index in [0.717, 1.165) is 0 Å². The molecule has 0 aromatic heterocycles. The van der Waals surface area contributed by atoms with Crippen LogP contribution in [-0.4, -0.2) is 43.0 Å². The van der Waals surface area contributed by atoms with E-state index < -0.39 is 5.82 Å². The van der Waals surface area contributed by atoms with Gasteiger partial charge in [0.1, 0.15) is 10.8 Å². The molecule has 1 rings (SSSR count). The standard InChI is InChI=1S/C13H18FN3OS/c1-4-17(8-12(18)16(2)3)9-5-6-10(13(15)19)11(14)7-9/h5-7H,4,8H2,1-3H3,(H2,15,19). The number of anilines is 1. The molecule has 0 radical (unpaired) electrons. The van der Waals surface area contributed by atoms with Crippen LogP contribution in [0.15, 0.2) is 18.2 Å². The van der Waals surface area contributed by atoms with Crippen LogP contribution in [0.1, 0.15) is 12.5 Å². The van der Waals surface area contributed by atoms with Crippen LogP contribution in [0.5, 0.6) is 0 Å². The number of hydrogen-bond donors (Lipinski definition) is 1. The van der Waals surface area contributed by atoms with Crippen LogP contribution in [0, 0.1) is 5.82 Å². The molecule has 1 aromatic carbocycles. The monoisotopic (exact) mass is 283 g/mol. The minimum Gasteiger partial charge on any atom is -0.389 e. The van der Waals surface area contributed by atoms with Gasteiger partial charge in [0, 0.05) is 31.9 Å². The Morgan fingerprint density at radius 1 is 1.42 bits per heavy atom. The van der Waals surface area contributed by atoms with Gasteiger partial charge in [0.15, 0.2) is 0 Å². The third-order valence-corrected chi connectivity index (χ3v) is 3.01. The van der Waals surface area contributed by atoms with Crippen molar-refractivity contribution >= 4 is 28.8 Å². The second-order valence-electron chi connectivity index (χ2n) is 4.33. The highest BCUT2D eigenvalue weighted by atomic mass is 32.1. The van der Waals surface area contributed by atoms with Crippen molar-refractivity contribution in [2.45, 2.75) is 6.92 Å². The van der Waals surface area contributed by atoms with Crippen molar-refractivity contribution in [3.8, 4) is 0 Å². The Morgan fingerprint density at radius 3 is 2.47 bits per heavy atom. The maximum Gasteiger partial charge on any atom is 0.241 e. The fourth-order valence-electron chi connectivity index (χ4n) is 1.59. The molecule has 1 amide bonds. The smallest absolute Gasteiger partial charge is 0.241 e. The van der Waals surface area contributed by atoms with E-state index >= 15 is 0 Å². The van der Waals surface area contributed by atoms with Gasteiger partial charge in [-0.25, -0.2) is 4.39 Å². The summed E-state index contributed by atoms with van der Waals surface area (Å²) in [6, 6.07) is 4.60. The molecule has 0 saturated heterocycles. The summed E-state index contributed by atoms with van der Waals surface area (Å²) in [7, 11) is 3.37. The van der Waals surface area contributed by atoms with Gasteiger partial charge in [-0.2, -0.15) is 0 Å². The molecule has 0 aliphatic carbocycles. The quantitative estimate of drug-likeness (QED) is 0.829. The van der Waals surface area contributed by atoms with Crippen molar-refractivity contribution in [1.82, 2.24) is 4.90 Å². The first-order valence-electron chi connectivity index (χ1n) is 5.91. The first-order valence-corrected chi connectivity index (χ1v) is 6.32. The largest absolute Gasteiger partial charge is 0.389 e. The summed E-state index contributed by atoms with van der Waals surface area (Å²) >= 11 is 4.75. The SMILES string of the molecule is CCN(CC(=O)N(C)C)c1ccc(C(N)=S)c(F)c1. The highest BCUT2D eigenvalue weighted by Crippen LogP contribution is 2.18. The van der Waals surface area contributed by atoms with E-state index in [9.17, 15) is 9.18 Å². The molecule has 0 bridgehead atoms. The lowest BCUT2D eigenvalue weighted by Gasteiger charge is -2.24. The van der Waals surface area contributed by atoms with Crippen molar-refractivity contribution in [2.24, 2.45) is 5.73 Å². The van der Waals surface area contributed by atoms with Gasteiger partial charge in [0.2, 0.25) is 5.91 Å². The summed E-state index contributed by atoms with van der Waals surface area (Å²) in [5.41, 5.74) is 6.26. The summed E-state index contributed by atoms with van der Waals surface area (Å²) in [5.74, 6) is -0.513. The molecule has 104 valence electrons. The molecule has 0 saturated carbocycles. The minimum absolute atomic E-state index is 0.0245. The van der Waals surface area contributed by atoms with Gasteiger partial charge in [0.05, 0.1) is 6.54 Å². The van der Waals surface area contributed by atoms with Gasteiger partial charge in [-0.3, -0.25) is 4.79 Å². The Labute approximate surface area is 118 Å². The van der Waals surface area contributed by atoms with E-state index in [1.165, 1.54) is 17.0 Å². The van der Waals surface area contributed by atoms with Gasteiger partial charge in [-0.15, -0.1) is 0 Å². The molecule has 19 heavy (non-hydrogen) atoms. The molecular formula is C13H18FN3OS. The number of carbonyl (C=O) groups excluding carboxylic acids is 1. The van der Waals surface area contributed by atoms with E-state index in [4.69, 9.17) is 18.0 Å². The van der Waals surface area contributed by atoms with Crippen molar-refractivity contribution in [3.05, 3.63) is 29.6 Å². The van der Waals surface area contributed by atoms with Crippen LogP contribution in [0.25, 0.3) is 0 Å². The van der Waals surface area contributed by atoms with Crippen LogP contribution >= 0.6 is 12.2 Å². The molecule has 1 aromatic rings. The molecule has 4 nitrogen and oxygen atoms in total. The van der Waals surface area contributed by atoms with Gasteiger partial charge >= 0.3 is 0 Å². The normalized spacial score (nSPS) is 10.1. The zero-order chi connectivity index (χ0) is 14.6. The number of carbonyl (C=O) groups is 1. The zero-order valence-corrected chi connectivity index (χ0v) is 12.1. The average molecular weight is 283 g/mol. The van der Waals surface area contributed by atoms with Crippen molar-refractivity contribution in [3.63, 3.8) is 0 Å². The zero-order valence-electron chi connectivity index (χ0n) is 11.3. The highest BCUT2D eigenvalue weighted by molar-refractivity contribution is 7.80. The van der Waals surface area contributed by atoms with Gasteiger partial charge in [-0.1, -0.05) is 12.2 Å². The predicted molar refractivity (Wildman–Crippen MR) is 78.9 cm³/mol. The fraction of sp³-hybridized carbons (Fsp3) is 0.385. The predicted octanol–water partition coefficient (Wildman–Crippen LogP) is 1.37. The number of nitrogens with zero attached hydrogens (tertiary/aromatic N) is 2. The van der Waals surface area contributed by atoms with Crippen LogP contribution < -0.4 is 10.6 Å². The number of amides is 1. The lowest BCUT2D eigenvalue weighted by atomic mass is 10.1. The molecule has 0 atom stereocenters. The van der Waals surface area contributed by atoms with Crippen molar-refractivity contribution < 1.29 is 9.18 Å². The lowest BCUT2D eigenvalue weighted by Crippen LogP contribution is -2.36. The second-order valence-corrected chi connectivity index (χ2v) is 4.77. The molecule has 0 aliphatic heterocycles. The maximum atomic E-state index is 13.8. The van der Waals surface area contributed by atoms with Gasteiger partial charge in [0.25, 0.3) is 0 Å². The summed E-state index contributed by atoms with van der Waals surface area (Å²) in [4.78, 5) is 15.0. The Hall–Kier alpha value is -1.69. The van der Waals surface area contributed by atoms with Crippen LogP contribution in [0.4, 0.5) is 10.1 Å². The summed E-state index contributed by atoms with van der Waals surface area (Å²) in [6.45, 7) is 2.71. The number of hydrogen-bond acceptors (Lipinski definition) is 3. The number of halogens is 1. The second kappa shape index (κ2) is 6.47. The molecular weight excluding hydrogens is 265 g/mol. The van der Waals surface area contributed by atoms with Crippen molar-refractivity contribution in [1.29, 1.82) is 0 Å². The minimum atomic E-state index is -0.472. The van der Waals surface area contributed by atoms with Crippen LogP contribution in [0.2, 0.25) is 0 Å². The van der Waals surface area contributed by atoms with Crippen LogP contribution in [-0.2, 0) is 4.79 Å².